The molecule has 1 aliphatic carbocycles. The Balaban J connectivity index is 1.54. The molecule has 150 valence electrons. The van der Waals surface area contributed by atoms with Crippen LogP contribution in [0.3, 0.4) is 0 Å². The van der Waals surface area contributed by atoms with Gasteiger partial charge in [0.25, 0.3) is 0 Å². The van der Waals surface area contributed by atoms with Crippen LogP contribution in [0.5, 0.6) is 0 Å². The third-order valence-electron chi connectivity index (χ3n) is 7.25. The zero-order valence-electron chi connectivity index (χ0n) is 16.8. The molecule has 6 aliphatic heterocycles. The van der Waals surface area contributed by atoms with Crippen molar-refractivity contribution in [3.8, 4) is 0 Å². The van der Waals surface area contributed by atoms with Gasteiger partial charge in [0.15, 0.2) is 0 Å². The SMILES string of the molecule is O=C1NC(=NC2CCCCC2)C23CCN(CCCCc4ccc(cc4)N12)CC3. The number of urea groups is 1. The van der Waals surface area contributed by atoms with Gasteiger partial charge in [-0.1, -0.05) is 31.4 Å². The van der Waals surface area contributed by atoms with Gasteiger partial charge in [0.2, 0.25) is 0 Å². The van der Waals surface area contributed by atoms with Crippen molar-refractivity contribution in [1.29, 1.82) is 0 Å². The van der Waals surface area contributed by atoms with Gasteiger partial charge in [-0.05, 0) is 69.2 Å². The van der Waals surface area contributed by atoms with Crippen molar-refractivity contribution in [2.24, 2.45) is 4.99 Å². The molecule has 0 unspecified atom stereocenters. The Labute approximate surface area is 168 Å². The van der Waals surface area contributed by atoms with Gasteiger partial charge in [0, 0.05) is 18.8 Å². The maximum Gasteiger partial charge on any atom is 0.328 e. The lowest BCUT2D eigenvalue weighted by Crippen LogP contribution is -2.57. The predicted octanol–water partition coefficient (Wildman–Crippen LogP) is 4.12. The Morgan fingerprint density at radius 2 is 1.68 bits per heavy atom. The van der Waals surface area contributed by atoms with Crippen LogP contribution in [0.2, 0.25) is 0 Å². The summed E-state index contributed by atoms with van der Waals surface area (Å²) in [4.78, 5) is 22.9. The average molecular weight is 381 g/mol. The first-order valence-electron chi connectivity index (χ1n) is 11.3. The minimum Gasteiger partial charge on any atom is -0.303 e. The highest BCUT2D eigenvalue weighted by Gasteiger charge is 2.53. The van der Waals surface area contributed by atoms with E-state index in [0.717, 1.165) is 56.7 Å². The zero-order chi connectivity index (χ0) is 19.0. The number of amidine groups is 1. The predicted molar refractivity (Wildman–Crippen MR) is 113 cm³/mol. The summed E-state index contributed by atoms with van der Waals surface area (Å²) in [5, 5.41) is 3.20. The van der Waals surface area contributed by atoms with Gasteiger partial charge >= 0.3 is 6.03 Å². The molecule has 2 amide bonds. The van der Waals surface area contributed by atoms with E-state index in [1.807, 2.05) is 4.90 Å². The summed E-state index contributed by atoms with van der Waals surface area (Å²) < 4.78 is 0. The van der Waals surface area contributed by atoms with E-state index < -0.39 is 0 Å². The lowest BCUT2D eigenvalue weighted by atomic mass is 9.84. The minimum atomic E-state index is -0.291. The fourth-order valence-corrected chi connectivity index (χ4v) is 5.57. The molecule has 2 saturated heterocycles. The number of piperidine rings is 1. The summed E-state index contributed by atoms with van der Waals surface area (Å²) in [6.07, 6.45) is 11.7. The van der Waals surface area contributed by atoms with Crippen molar-refractivity contribution in [2.45, 2.75) is 75.8 Å². The Morgan fingerprint density at radius 1 is 0.929 bits per heavy atom. The maximum absolute atomic E-state index is 13.1. The smallest absolute Gasteiger partial charge is 0.303 e. The van der Waals surface area contributed by atoms with E-state index >= 15 is 0 Å². The number of rotatable bonds is 1. The van der Waals surface area contributed by atoms with Crippen LogP contribution in [0.25, 0.3) is 0 Å². The molecule has 0 aromatic heterocycles. The largest absolute Gasteiger partial charge is 0.328 e. The van der Waals surface area contributed by atoms with Crippen LogP contribution in [0.15, 0.2) is 29.3 Å². The van der Waals surface area contributed by atoms with E-state index in [1.165, 1.54) is 44.2 Å². The highest BCUT2D eigenvalue weighted by Crippen LogP contribution is 2.39. The molecule has 1 saturated carbocycles. The first kappa shape index (κ1) is 18.2. The van der Waals surface area contributed by atoms with Crippen molar-refractivity contribution in [1.82, 2.24) is 10.2 Å². The van der Waals surface area contributed by atoms with Crippen LogP contribution in [0.1, 0.15) is 63.4 Å². The molecular weight excluding hydrogens is 348 g/mol. The highest BCUT2D eigenvalue weighted by atomic mass is 16.2. The summed E-state index contributed by atoms with van der Waals surface area (Å²) in [5.41, 5.74) is 2.10. The third kappa shape index (κ3) is 3.24. The minimum absolute atomic E-state index is 0.00521. The molecule has 28 heavy (non-hydrogen) atoms. The molecule has 6 heterocycles. The summed E-state index contributed by atoms with van der Waals surface area (Å²) in [7, 11) is 0. The fourth-order valence-electron chi connectivity index (χ4n) is 5.57. The topological polar surface area (TPSA) is 47.9 Å². The molecule has 1 spiro atoms. The van der Waals surface area contributed by atoms with E-state index in [9.17, 15) is 4.79 Å². The molecule has 1 N–H and O–H groups in total. The fraction of sp³-hybridized carbons (Fsp3) is 0.652. The van der Waals surface area contributed by atoms with Crippen LogP contribution in [-0.4, -0.2) is 48.0 Å². The molecule has 0 radical (unpaired) electrons. The lowest BCUT2D eigenvalue weighted by molar-refractivity contribution is 0.188. The molecule has 0 atom stereocenters. The number of nitrogens with zero attached hydrogens (tertiary/aromatic N) is 3. The van der Waals surface area contributed by atoms with Gasteiger partial charge in [-0.2, -0.15) is 0 Å². The van der Waals surface area contributed by atoms with E-state index in [0.29, 0.717) is 6.04 Å². The molecule has 1 aromatic rings. The van der Waals surface area contributed by atoms with Gasteiger partial charge in [0.1, 0.15) is 11.4 Å². The highest BCUT2D eigenvalue weighted by molar-refractivity contribution is 6.19. The number of hydrogen-bond donors (Lipinski definition) is 1. The number of hydrogen-bond acceptors (Lipinski definition) is 3. The molecule has 5 nitrogen and oxygen atoms in total. The van der Waals surface area contributed by atoms with Crippen LogP contribution in [0.4, 0.5) is 10.5 Å². The second-order valence-corrected chi connectivity index (χ2v) is 9.03. The van der Waals surface area contributed by atoms with Crippen LogP contribution < -0.4 is 10.2 Å². The second kappa shape index (κ2) is 7.51. The molecule has 1 aromatic carbocycles. The molecule has 5 heteroatoms. The van der Waals surface area contributed by atoms with Crippen molar-refractivity contribution < 1.29 is 4.79 Å². The van der Waals surface area contributed by atoms with Crippen molar-refractivity contribution in [3.05, 3.63) is 29.8 Å². The van der Waals surface area contributed by atoms with Gasteiger partial charge < -0.3 is 4.90 Å². The first-order valence-corrected chi connectivity index (χ1v) is 11.3. The number of nitrogens with one attached hydrogen (secondary N) is 1. The number of benzene rings is 1. The summed E-state index contributed by atoms with van der Waals surface area (Å²) in [5.74, 6) is 0.947. The lowest BCUT2D eigenvalue weighted by Gasteiger charge is -2.43. The van der Waals surface area contributed by atoms with Crippen LogP contribution in [0, 0.1) is 0 Å². The molecule has 7 aliphatic rings. The normalized spacial score (nSPS) is 32.6. The zero-order valence-corrected chi connectivity index (χ0v) is 16.8. The number of aryl methyl sites for hydroxylation is 1. The van der Waals surface area contributed by atoms with Crippen molar-refractivity contribution >= 4 is 17.6 Å². The number of anilines is 1. The number of carbonyl (C=O) groups excluding carboxylic acids is 1. The van der Waals surface area contributed by atoms with Crippen molar-refractivity contribution in [3.63, 3.8) is 0 Å². The van der Waals surface area contributed by atoms with Gasteiger partial charge in [-0.3, -0.25) is 15.2 Å². The molecule has 3 fully saturated rings. The van der Waals surface area contributed by atoms with Gasteiger partial charge in [0.05, 0.1) is 6.04 Å². The van der Waals surface area contributed by atoms with E-state index in [1.54, 1.807) is 0 Å². The Morgan fingerprint density at radius 3 is 2.43 bits per heavy atom. The first-order chi connectivity index (χ1) is 13.7. The Bertz CT molecular complexity index is 742. The number of amides is 2. The van der Waals surface area contributed by atoms with Crippen LogP contribution >= 0.6 is 0 Å². The maximum atomic E-state index is 13.1. The summed E-state index contributed by atoms with van der Waals surface area (Å²) in [6.45, 7) is 3.27. The number of aliphatic imine (C=N–C) groups is 1. The summed E-state index contributed by atoms with van der Waals surface area (Å²) >= 11 is 0. The molecular formula is C23H32N4O. The third-order valence-corrected chi connectivity index (χ3v) is 7.25. The summed E-state index contributed by atoms with van der Waals surface area (Å²) in [6, 6.07) is 9.08. The second-order valence-electron chi connectivity index (χ2n) is 9.03. The standard InChI is InChI=1S/C23H32N4O/c28-22-25-21(24-19-7-2-1-3-8-19)23-13-16-26(17-14-23)15-5-4-6-18-9-11-20(12-10-18)27(22)23/h9-12,19H,1-8,13-17H2,(H,24,25,28). The van der Waals surface area contributed by atoms with Crippen molar-refractivity contribution in [2.75, 3.05) is 24.5 Å². The Hall–Kier alpha value is -1.88. The monoisotopic (exact) mass is 380 g/mol. The van der Waals surface area contributed by atoms with E-state index in [2.05, 4.69) is 34.5 Å². The molecule has 4 bridgehead atoms. The number of carbonyl (C=O) groups is 1. The van der Waals surface area contributed by atoms with Gasteiger partial charge in [-0.25, -0.2) is 4.79 Å². The van der Waals surface area contributed by atoms with E-state index in [-0.39, 0.29) is 11.6 Å². The quantitative estimate of drug-likeness (QED) is 0.797. The Kier molecular flexibility index (Phi) is 4.87. The average Bonchev–Trinajstić information content (AvgIpc) is 3.00. The molecule has 8 rings (SSSR count). The van der Waals surface area contributed by atoms with Gasteiger partial charge in [-0.15, -0.1) is 0 Å². The van der Waals surface area contributed by atoms with E-state index in [4.69, 9.17) is 4.99 Å². The van der Waals surface area contributed by atoms with Crippen LogP contribution in [-0.2, 0) is 6.42 Å².